The van der Waals surface area contributed by atoms with E-state index in [2.05, 4.69) is 15.0 Å². The zero-order valence-corrected chi connectivity index (χ0v) is 14.4. The van der Waals surface area contributed by atoms with Crippen molar-refractivity contribution in [1.29, 1.82) is 0 Å². The predicted octanol–water partition coefficient (Wildman–Crippen LogP) is 4.70. The number of carbonyl (C=O) groups excluding carboxylic acids is 1. The summed E-state index contributed by atoms with van der Waals surface area (Å²) >= 11 is 0. The molecule has 1 aliphatic carbocycles. The second kappa shape index (κ2) is 7.18. The minimum atomic E-state index is -0.00872. The summed E-state index contributed by atoms with van der Waals surface area (Å²) in [6.07, 6.45) is 14.3. The van der Waals surface area contributed by atoms with Gasteiger partial charge in [-0.1, -0.05) is 32.1 Å². The monoisotopic (exact) mass is 333 g/mol. The molecule has 1 saturated carbocycles. The number of ketones is 1. The Morgan fingerprint density at radius 2 is 2.00 bits per heavy atom. The normalized spacial score (nSPS) is 15.5. The molecule has 3 aromatic rings. The number of pyridine rings is 2. The van der Waals surface area contributed by atoms with Gasteiger partial charge in [0.1, 0.15) is 5.65 Å². The number of carbonyl (C=O) groups is 1. The van der Waals surface area contributed by atoms with Crippen molar-refractivity contribution in [2.45, 2.75) is 44.9 Å². The van der Waals surface area contributed by atoms with Crippen molar-refractivity contribution < 1.29 is 4.79 Å². The molecule has 4 rings (SSSR count). The van der Waals surface area contributed by atoms with E-state index >= 15 is 0 Å². The SMILES string of the molecule is O=C(c1ccc(CCC2CCCCC2)nc1)c1c[nH]c2ncccc12. The number of nitrogens with one attached hydrogen (secondary N) is 1. The highest BCUT2D eigenvalue weighted by molar-refractivity contribution is 6.15. The van der Waals surface area contributed by atoms with Gasteiger partial charge in [-0.25, -0.2) is 4.98 Å². The van der Waals surface area contributed by atoms with Crippen LogP contribution in [0.5, 0.6) is 0 Å². The van der Waals surface area contributed by atoms with Crippen molar-refractivity contribution in [3.05, 3.63) is 59.7 Å². The maximum absolute atomic E-state index is 12.8. The van der Waals surface area contributed by atoms with Crippen LogP contribution in [-0.2, 0) is 6.42 Å². The van der Waals surface area contributed by atoms with E-state index in [1.807, 2.05) is 24.3 Å². The highest BCUT2D eigenvalue weighted by Crippen LogP contribution is 2.27. The zero-order chi connectivity index (χ0) is 17.1. The van der Waals surface area contributed by atoms with Crippen LogP contribution < -0.4 is 0 Å². The van der Waals surface area contributed by atoms with Crippen LogP contribution in [0, 0.1) is 5.92 Å². The third-order valence-corrected chi connectivity index (χ3v) is 5.32. The van der Waals surface area contributed by atoms with Crippen molar-refractivity contribution in [3.63, 3.8) is 0 Å². The number of aromatic amines is 1. The molecule has 0 amide bonds. The Bertz CT molecular complexity index is 860. The van der Waals surface area contributed by atoms with E-state index in [1.165, 1.54) is 38.5 Å². The third kappa shape index (κ3) is 3.48. The molecule has 0 atom stereocenters. The number of aromatic nitrogens is 3. The van der Waals surface area contributed by atoms with Gasteiger partial charge in [-0.15, -0.1) is 0 Å². The summed E-state index contributed by atoms with van der Waals surface area (Å²) < 4.78 is 0. The Kier molecular flexibility index (Phi) is 4.59. The van der Waals surface area contributed by atoms with Crippen LogP contribution in [0.2, 0.25) is 0 Å². The summed E-state index contributed by atoms with van der Waals surface area (Å²) in [6.45, 7) is 0. The lowest BCUT2D eigenvalue weighted by Gasteiger charge is -2.21. The molecule has 0 saturated heterocycles. The van der Waals surface area contributed by atoms with E-state index in [0.29, 0.717) is 11.1 Å². The van der Waals surface area contributed by atoms with E-state index in [0.717, 1.165) is 29.1 Å². The van der Waals surface area contributed by atoms with Crippen molar-refractivity contribution >= 4 is 16.8 Å². The van der Waals surface area contributed by atoms with E-state index in [4.69, 9.17) is 0 Å². The van der Waals surface area contributed by atoms with Gasteiger partial charge in [-0.05, 0) is 43.0 Å². The number of hydrogen-bond acceptors (Lipinski definition) is 3. The Hall–Kier alpha value is -2.49. The Morgan fingerprint density at radius 1 is 1.12 bits per heavy atom. The van der Waals surface area contributed by atoms with Gasteiger partial charge in [-0.3, -0.25) is 9.78 Å². The van der Waals surface area contributed by atoms with Crippen molar-refractivity contribution in [2.24, 2.45) is 5.92 Å². The van der Waals surface area contributed by atoms with Gasteiger partial charge in [0.25, 0.3) is 0 Å². The minimum absolute atomic E-state index is 0.00872. The van der Waals surface area contributed by atoms with Gasteiger partial charge in [0.15, 0.2) is 5.78 Å². The number of aryl methyl sites for hydroxylation is 1. The Labute approximate surface area is 147 Å². The third-order valence-electron chi connectivity index (χ3n) is 5.32. The van der Waals surface area contributed by atoms with Crippen molar-refractivity contribution in [1.82, 2.24) is 15.0 Å². The fourth-order valence-corrected chi connectivity index (χ4v) is 3.83. The maximum atomic E-state index is 12.8. The van der Waals surface area contributed by atoms with Gasteiger partial charge in [0.2, 0.25) is 0 Å². The Morgan fingerprint density at radius 3 is 2.80 bits per heavy atom. The number of rotatable bonds is 5. The van der Waals surface area contributed by atoms with Crippen LogP contribution in [0.15, 0.2) is 42.9 Å². The fraction of sp³-hybridized carbons (Fsp3) is 0.381. The first-order valence-electron chi connectivity index (χ1n) is 9.23. The first-order chi connectivity index (χ1) is 12.3. The summed E-state index contributed by atoms with van der Waals surface area (Å²) in [5, 5.41) is 0.855. The van der Waals surface area contributed by atoms with Crippen LogP contribution in [0.25, 0.3) is 11.0 Å². The molecule has 1 fully saturated rings. The van der Waals surface area contributed by atoms with E-state index in [-0.39, 0.29) is 5.78 Å². The lowest BCUT2D eigenvalue weighted by molar-refractivity contribution is 0.104. The van der Waals surface area contributed by atoms with E-state index < -0.39 is 0 Å². The lowest BCUT2D eigenvalue weighted by atomic mass is 9.86. The van der Waals surface area contributed by atoms with Gasteiger partial charge in [0, 0.05) is 40.8 Å². The molecular formula is C21H23N3O. The lowest BCUT2D eigenvalue weighted by Crippen LogP contribution is -2.08. The summed E-state index contributed by atoms with van der Waals surface area (Å²) in [7, 11) is 0. The van der Waals surface area contributed by atoms with Gasteiger partial charge in [0.05, 0.1) is 0 Å². The van der Waals surface area contributed by atoms with Crippen molar-refractivity contribution in [2.75, 3.05) is 0 Å². The maximum Gasteiger partial charge on any atom is 0.196 e. The Balaban J connectivity index is 1.45. The van der Waals surface area contributed by atoms with Crippen LogP contribution in [0.1, 0.15) is 60.1 Å². The number of fused-ring (bicyclic) bond motifs is 1. The summed E-state index contributed by atoms with van der Waals surface area (Å²) in [5.74, 6) is 0.848. The summed E-state index contributed by atoms with van der Waals surface area (Å²) in [5.41, 5.74) is 3.11. The second-order valence-electron chi connectivity index (χ2n) is 7.01. The first kappa shape index (κ1) is 16.0. The smallest absolute Gasteiger partial charge is 0.196 e. The highest BCUT2D eigenvalue weighted by atomic mass is 16.1. The molecule has 128 valence electrons. The molecule has 1 N–H and O–H groups in total. The second-order valence-corrected chi connectivity index (χ2v) is 7.01. The molecule has 0 radical (unpaired) electrons. The standard InChI is InChI=1S/C21H23N3O/c25-20(19-14-24-21-18(19)7-4-12-22-21)16-9-11-17(23-13-16)10-8-15-5-2-1-3-6-15/h4,7,9,11-15H,1-3,5-6,8,10H2,(H,22,24). The predicted molar refractivity (Wildman–Crippen MR) is 98.7 cm³/mol. The quantitative estimate of drug-likeness (QED) is 0.688. The molecule has 3 heterocycles. The van der Waals surface area contributed by atoms with E-state index in [9.17, 15) is 4.79 Å². The molecule has 0 unspecified atom stereocenters. The fourth-order valence-electron chi connectivity index (χ4n) is 3.83. The molecule has 3 aromatic heterocycles. The van der Waals surface area contributed by atoms with E-state index in [1.54, 1.807) is 18.6 Å². The molecule has 0 spiro atoms. The van der Waals surface area contributed by atoms with Crippen LogP contribution in [-0.4, -0.2) is 20.7 Å². The molecule has 4 nitrogen and oxygen atoms in total. The van der Waals surface area contributed by atoms with Gasteiger partial charge >= 0.3 is 0 Å². The topological polar surface area (TPSA) is 58.6 Å². The number of H-pyrrole nitrogens is 1. The zero-order valence-electron chi connectivity index (χ0n) is 14.4. The summed E-state index contributed by atoms with van der Waals surface area (Å²) in [6, 6.07) is 7.67. The van der Waals surface area contributed by atoms with Crippen LogP contribution in [0.4, 0.5) is 0 Å². The van der Waals surface area contributed by atoms with Crippen molar-refractivity contribution in [3.8, 4) is 0 Å². The molecular weight excluding hydrogens is 310 g/mol. The number of hydrogen-bond donors (Lipinski definition) is 1. The molecule has 4 heteroatoms. The molecule has 0 aliphatic heterocycles. The first-order valence-corrected chi connectivity index (χ1v) is 9.23. The van der Waals surface area contributed by atoms with Gasteiger partial charge in [-0.2, -0.15) is 0 Å². The molecule has 25 heavy (non-hydrogen) atoms. The number of nitrogens with zero attached hydrogens (tertiary/aromatic N) is 2. The average Bonchev–Trinajstić information content (AvgIpc) is 3.11. The molecule has 0 aromatic carbocycles. The van der Waals surface area contributed by atoms with Gasteiger partial charge < -0.3 is 4.98 Å². The summed E-state index contributed by atoms with van der Waals surface area (Å²) in [4.78, 5) is 24.6. The van der Waals surface area contributed by atoms with Crippen LogP contribution in [0.3, 0.4) is 0 Å². The van der Waals surface area contributed by atoms with Crippen LogP contribution >= 0.6 is 0 Å². The average molecular weight is 333 g/mol. The molecule has 0 bridgehead atoms. The highest BCUT2D eigenvalue weighted by Gasteiger charge is 2.16. The largest absolute Gasteiger partial charge is 0.345 e. The molecule has 1 aliphatic rings. The minimum Gasteiger partial charge on any atom is -0.345 e.